The van der Waals surface area contributed by atoms with Crippen LogP contribution < -0.4 is 0 Å². The molecule has 0 aliphatic rings. The fourth-order valence-electron chi connectivity index (χ4n) is 3.04. The van der Waals surface area contributed by atoms with Crippen molar-refractivity contribution in [2.45, 2.75) is 91.9 Å². The smallest absolute Gasteiger partial charge is 0.0138 e. The van der Waals surface area contributed by atoms with E-state index in [1.807, 2.05) is 0 Å². The molecule has 0 nitrogen and oxygen atoms in total. The Kier molecular flexibility index (Phi) is 6.43. The predicted octanol–water partition coefficient (Wildman–Crippen LogP) is 6.55. The van der Waals surface area contributed by atoms with Crippen molar-refractivity contribution in [3.05, 3.63) is 10.9 Å². The molecule has 0 rings (SSSR count). The third-order valence-electron chi connectivity index (χ3n) is 3.21. The lowest BCUT2D eigenvalue weighted by Crippen LogP contribution is -2.26. The molecular weight excluding hydrogens is 223 g/mol. The molecule has 0 spiro atoms. The average Bonchev–Trinajstić information content (AvgIpc) is 2.13. The fourth-order valence-corrected chi connectivity index (χ4v) is 7.62. The van der Waals surface area contributed by atoms with Gasteiger partial charge in [-0.3, -0.25) is 0 Å². The molecule has 0 saturated heterocycles. The Labute approximate surface area is 111 Å². The van der Waals surface area contributed by atoms with Gasteiger partial charge in [0.25, 0.3) is 0 Å². The maximum Gasteiger partial charge on any atom is -0.0138 e. The number of hydrogen-bond acceptors (Lipinski definition) is 0. The molecule has 0 aromatic carbocycles. The second kappa shape index (κ2) is 6.37. The van der Waals surface area contributed by atoms with Crippen molar-refractivity contribution in [3.63, 3.8) is 0 Å². The van der Waals surface area contributed by atoms with Crippen molar-refractivity contribution in [2.24, 2.45) is 0 Å². The maximum atomic E-state index is 2.42. The largest absolute Gasteiger partial charge is 0.0688 e. The van der Waals surface area contributed by atoms with Gasteiger partial charge in [-0.2, -0.15) is 0 Å². The summed E-state index contributed by atoms with van der Waals surface area (Å²) in [6, 6.07) is 0. The molecule has 0 heterocycles. The highest BCUT2D eigenvalue weighted by Crippen LogP contribution is 2.66. The lowest BCUT2D eigenvalue weighted by Gasteiger charge is -2.44. The van der Waals surface area contributed by atoms with E-state index < -0.39 is 0 Å². The van der Waals surface area contributed by atoms with Crippen LogP contribution >= 0.6 is 7.92 Å². The minimum absolute atomic E-state index is 0.0777. The highest BCUT2D eigenvalue weighted by molar-refractivity contribution is 7.65. The highest BCUT2D eigenvalue weighted by atomic mass is 31.1. The van der Waals surface area contributed by atoms with E-state index in [1.54, 1.807) is 10.9 Å². The number of rotatable bonds is 4. The molecule has 1 heteroatoms. The monoisotopic (exact) mass is 256 g/mol. The summed E-state index contributed by atoms with van der Waals surface area (Å²) in [6.07, 6.45) is 3.69. The molecule has 0 radical (unpaired) electrons. The van der Waals surface area contributed by atoms with E-state index in [0.717, 1.165) is 0 Å². The Morgan fingerprint density at radius 2 is 1.06 bits per heavy atom. The zero-order valence-corrected chi connectivity index (χ0v) is 14.5. The van der Waals surface area contributed by atoms with Crippen LogP contribution in [0.1, 0.15) is 81.6 Å². The Morgan fingerprint density at radius 1 is 0.706 bits per heavy atom. The quantitative estimate of drug-likeness (QED) is 0.500. The number of hydrogen-bond donors (Lipinski definition) is 0. The van der Waals surface area contributed by atoms with Crippen LogP contribution in [0.15, 0.2) is 10.9 Å². The second-order valence-electron chi connectivity index (χ2n) is 6.79. The van der Waals surface area contributed by atoms with Crippen LogP contribution in [-0.2, 0) is 0 Å². The maximum absolute atomic E-state index is 2.42. The summed E-state index contributed by atoms with van der Waals surface area (Å²) >= 11 is 0. The van der Waals surface area contributed by atoms with Crippen molar-refractivity contribution >= 4 is 7.92 Å². The summed E-state index contributed by atoms with van der Waals surface area (Å²) in [5.41, 5.74) is 1.71. The van der Waals surface area contributed by atoms with Gasteiger partial charge in [-0.15, -0.1) is 0 Å². The van der Waals surface area contributed by atoms with Crippen LogP contribution in [0.4, 0.5) is 0 Å². The second-order valence-corrected chi connectivity index (χ2v) is 10.7. The Bertz CT molecular complexity index is 240. The van der Waals surface area contributed by atoms with Gasteiger partial charge < -0.3 is 0 Å². The molecular formula is C16H33P. The topological polar surface area (TPSA) is 0 Å². The van der Waals surface area contributed by atoms with Gasteiger partial charge in [0.15, 0.2) is 0 Å². The van der Waals surface area contributed by atoms with Crippen LogP contribution in [-0.4, -0.2) is 10.3 Å². The summed E-state index contributed by atoms with van der Waals surface area (Å²) in [5, 5.41) is 2.60. The standard InChI is InChI=1S/C16H33P/c1-10-13(11-2)14(12-3)17(15(4,5)6)16(7,8)9/h10-12H2,1-9H3. The molecule has 17 heavy (non-hydrogen) atoms. The summed E-state index contributed by atoms with van der Waals surface area (Å²) in [6.45, 7) is 21.5. The van der Waals surface area contributed by atoms with Gasteiger partial charge in [0.1, 0.15) is 0 Å². The molecule has 0 aliphatic carbocycles. The zero-order valence-electron chi connectivity index (χ0n) is 13.6. The Morgan fingerprint density at radius 3 is 1.24 bits per heavy atom. The average molecular weight is 256 g/mol. The van der Waals surface area contributed by atoms with Crippen LogP contribution in [0.2, 0.25) is 0 Å². The molecule has 0 N–H and O–H groups in total. The van der Waals surface area contributed by atoms with Crippen LogP contribution in [0.3, 0.4) is 0 Å². The molecule has 0 saturated carbocycles. The molecule has 0 aromatic heterocycles. The first-order valence-electron chi connectivity index (χ1n) is 7.10. The molecule has 0 fully saturated rings. The van der Waals surface area contributed by atoms with E-state index in [1.165, 1.54) is 19.3 Å². The normalized spacial score (nSPS) is 13.1. The minimum Gasteiger partial charge on any atom is -0.0688 e. The molecule has 0 aromatic rings. The third-order valence-corrected chi connectivity index (χ3v) is 7.06. The predicted molar refractivity (Wildman–Crippen MR) is 84.3 cm³/mol. The van der Waals surface area contributed by atoms with Crippen LogP contribution in [0, 0.1) is 0 Å². The Balaban J connectivity index is 5.67. The van der Waals surface area contributed by atoms with E-state index in [0.29, 0.717) is 10.3 Å². The third kappa shape index (κ3) is 4.74. The van der Waals surface area contributed by atoms with Gasteiger partial charge in [0, 0.05) is 0 Å². The van der Waals surface area contributed by atoms with Gasteiger partial charge in [-0.05, 0) is 34.9 Å². The van der Waals surface area contributed by atoms with Gasteiger partial charge >= 0.3 is 0 Å². The lowest BCUT2D eigenvalue weighted by molar-refractivity contribution is 0.706. The SMILES string of the molecule is CCC(CC)=C(CC)P(C(C)(C)C)C(C)(C)C. The molecule has 102 valence electrons. The molecule has 0 unspecified atom stereocenters. The van der Waals surface area contributed by atoms with Gasteiger partial charge in [0.2, 0.25) is 0 Å². The van der Waals surface area contributed by atoms with E-state index in [-0.39, 0.29) is 7.92 Å². The molecule has 0 atom stereocenters. The van der Waals surface area contributed by atoms with Gasteiger partial charge in [-0.25, -0.2) is 0 Å². The lowest BCUT2D eigenvalue weighted by atomic mass is 10.1. The van der Waals surface area contributed by atoms with E-state index >= 15 is 0 Å². The molecule has 0 bridgehead atoms. The summed E-state index contributed by atoms with van der Waals surface area (Å²) in [5.74, 6) is 0. The van der Waals surface area contributed by atoms with Gasteiger partial charge in [-0.1, -0.05) is 75.8 Å². The van der Waals surface area contributed by atoms with Crippen LogP contribution in [0.25, 0.3) is 0 Å². The summed E-state index contributed by atoms with van der Waals surface area (Å²) in [4.78, 5) is 0. The minimum atomic E-state index is -0.0777. The molecule has 0 aliphatic heterocycles. The highest BCUT2D eigenvalue weighted by Gasteiger charge is 2.36. The van der Waals surface area contributed by atoms with Crippen molar-refractivity contribution in [2.75, 3.05) is 0 Å². The van der Waals surface area contributed by atoms with E-state index in [4.69, 9.17) is 0 Å². The van der Waals surface area contributed by atoms with Crippen molar-refractivity contribution in [3.8, 4) is 0 Å². The Hall–Kier alpha value is 0.170. The first kappa shape index (κ1) is 17.2. The zero-order chi connectivity index (χ0) is 13.9. The summed E-state index contributed by atoms with van der Waals surface area (Å²) in [7, 11) is -0.0777. The van der Waals surface area contributed by atoms with Crippen molar-refractivity contribution in [1.82, 2.24) is 0 Å². The first-order chi connectivity index (χ1) is 7.59. The van der Waals surface area contributed by atoms with Crippen LogP contribution in [0.5, 0.6) is 0 Å². The summed E-state index contributed by atoms with van der Waals surface area (Å²) < 4.78 is 0. The first-order valence-corrected chi connectivity index (χ1v) is 8.44. The van der Waals surface area contributed by atoms with Crippen molar-refractivity contribution in [1.29, 1.82) is 0 Å². The van der Waals surface area contributed by atoms with Crippen molar-refractivity contribution < 1.29 is 0 Å². The van der Waals surface area contributed by atoms with E-state index in [2.05, 4.69) is 62.3 Å². The number of allylic oxidation sites excluding steroid dienone is 2. The fraction of sp³-hybridized carbons (Fsp3) is 0.875. The van der Waals surface area contributed by atoms with E-state index in [9.17, 15) is 0 Å². The molecule has 0 amide bonds. The van der Waals surface area contributed by atoms with Gasteiger partial charge in [0.05, 0.1) is 0 Å².